The van der Waals surface area contributed by atoms with Gasteiger partial charge in [-0.3, -0.25) is 0 Å². The second kappa shape index (κ2) is 3.81. The van der Waals surface area contributed by atoms with Gasteiger partial charge < -0.3 is 0 Å². The van der Waals surface area contributed by atoms with E-state index in [1.165, 1.54) is 0 Å². The van der Waals surface area contributed by atoms with E-state index in [2.05, 4.69) is 0 Å². The van der Waals surface area contributed by atoms with Crippen LogP contribution in [0, 0.1) is 0 Å². The third-order valence-corrected chi connectivity index (χ3v) is 1.91. The Morgan fingerprint density at radius 3 is 2.15 bits per heavy atom. The lowest BCUT2D eigenvalue weighted by Gasteiger charge is -2.13. The van der Waals surface area contributed by atoms with Crippen LogP contribution in [-0.4, -0.2) is 6.18 Å². The molecule has 0 N–H and O–H groups in total. The average Bonchev–Trinajstić information content (AvgIpc) is 2.03. The van der Waals surface area contributed by atoms with Crippen molar-refractivity contribution >= 4 is 0 Å². The van der Waals surface area contributed by atoms with E-state index >= 15 is 0 Å². The molecule has 13 heavy (non-hydrogen) atoms. The molecular weight excluding hydrogens is 177 g/mol. The minimum absolute atomic E-state index is 0.457. The molecule has 0 nitrogen and oxygen atoms in total. The minimum atomic E-state index is -4.07. The van der Waals surface area contributed by atoms with E-state index in [4.69, 9.17) is 0 Å². The van der Waals surface area contributed by atoms with Crippen molar-refractivity contribution < 1.29 is 13.2 Å². The van der Waals surface area contributed by atoms with Crippen LogP contribution in [0.15, 0.2) is 30.3 Å². The lowest BCUT2D eigenvalue weighted by atomic mass is 9.98. The zero-order valence-electron chi connectivity index (χ0n) is 7.31. The first-order valence-corrected chi connectivity index (χ1v) is 4.11. The van der Waals surface area contributed by atoms with Crippen LogP contribution in [0.25, 0.3) is 0 Å². The maximum Gasteiger partial charge on any atom is 0.389 e. The third kappa shape index (κ3) is 3.49. The van der Waals surface area contributed by atoms with Gasteiger partial charge in [0.1, 0.15) is 0 Å². The maximum atomic E-state index is 12.0. The molecule has 0 radical (unpaired) electrons. The summed E-state index contributed by atoms with van der Waals surface area (Å²) in [4.78, 5) is 0. The van der Waals surface area contributed by atoms with Gasteiger partial charge >= 0.3 is 6.18 Å². The van der Waals surface area contributed by atoms with Crippen LogP contribution in [0.1, 0.15) is 24.8 Å². The lowest BCUT2D eigenvalue weighted by molar-refractivity contribution is -0.137. The zero-order valence-corrected chi connectivity index (χ0v) is 7.31. The van der Waals surface area contributed by atoms with Gasteiger partial charge in [-0.2, -0.15) is 13.2 Å². The van der Waals surface area contributed by atoms with Crippen molar-refractivity contribution in [1.29, 1.82) is 0 Å². The van der Waals surface area contributed by atoms with Crippen molar-refractivity contribution in [3.8, 4) is 0 Å². The summed E-state index contributed by atoms with van der Waals surface area (Å²) in [5, 5.41) is 0. The van der Waals surface area contributed by atoms with Gasteiger partial charge in [-0.05, 0) is 11.5 Å². The molecule has 0 aliphatic heterocycles. The predicted molar refractivity (Wildman–Crippen MR) is 45.5 cm³/mol. The Kier molecular flexibility index (Phi) is 2.96. The van der Waals surface area contributed by atoms with E-state index in [0.717, 1.165) is 5.56 Å². The Bertz CT molecular complexity index is 251. The quantitative estimate of drug-likeness (QED) is 0.663. The smallest absolute Gasteiger partial charge is 0.171 e. The van der Waals surface area contributed by atoms with Gasteiger partial charge in [0, 0.05) is 0 Å². The standard InChI is InChI=1S/C10H11F3/c1-8(7-10(11,12)13)9-5-3-2-4-6-9/h2-6,8H,7H2,1H3. The van der Waals surface area contributed by atoms with Crippen molar-refractivity contribution in [1.82, 2.24) is 0 Å². The molecule has 0 saturated heterocycles. The summed E-state index contributed by atoms with van der Waals surface area (Å²) in [6, 6.07) is 8.74. The highest BCUT2D eigenvalue weighted by atomic mass is 19.4. The first-order chi connectivity index (χ1) is 5.99. The van der Waals surface area contributed by atoms with Crippen LogP contribution in [0.5, 0.6) is 0 Å². The number of hydrogen-bond donors (Lipinski definition) is 0. The van der Waals surface area contributed by atoms with E-state index in [-0.39, 0.29) is 0 Å². The van der Waals surface area contributed by atoms with Gasteiger partial charge in [0.25, 0.3) is 0 Å². The van der Waals surface area contributed by atoms with E-state index in [9.17, 15) is 13.2 Å². The molecule has 0 fully saturated rings. The van der Waals surface area contributed by atoms with Gasteiger partial charge in [-0.15, -0.1) is 0 Å². The second-order valence-electron chi connectivity index (χ2n) is 3.13. The molecule has 1 unspecified atom stereocenters. The first-order valence-electron chi connectivity index (χ1n) is 4.11. The molecule has 0 heterocycles. The van der Waals surface area contributed by atoms with Gasteiger partial charge in [0.05, 0.1) is 6.42 Å². The van der Waals surface area contributed by atoms with Crippen LogP contribution in [0.4, 0.5) is 13.2 Å². The van der Waals surface area contributed by atoms with Gasteiger partial charge in [-0.25, -0.2) is 0 Å². The van der Waals surface area contributed by atoms with E-state index in [1.807, 2.05) is 0 Å². The Hall–Kier alpha value is -0.990. The van der Waals surface area contributed by atoms with Crippen molar-refractivity contribution in [3.63, 3.8) is 0 Å². The van der Waals surface area contributed by atoms with E-state index < -0.39 is 18.5 Å². The maximum absolute atomic E-state index is 12.0. The SMILES string of the molecule is CC(CC(F)(F)F)c1ccccc1. The summed E-state index contributed by atoms with van der Waals surface area (Å²) in [6.45, 7) is 1.59. The Morgan fingerprint density at radius 2 is 1.69 bits per heavy atom. The normalized spacial score (nSPS) is 14.2. The van der Waals surface area contributed by atoms with Crippen molar-refractivity contribution in [2.75, 3.05) is 0 Å². The number of hydrogen-bond acceptors (Lipinski definition) is 0. The Balaban J connectivity index is 2.64. The Morgan fingerprint density at radius 1 is 1.15 bits per heavy atom. The minimum Gasteiger partial charge on any atom is -0.171 e. The fourth-order valence-corrected chi connectivity index (χ4v) is 1.25. The van der Waals surface area contributed by atoms with Gasteiger partial charge in [-0.1, -0.05) is 37.3 Å². The predicted octanol–water partition coefficient (Wildman–Crippen LogP) is 3.74. The highest BCUT2D eigenvalue weighted by Gasteiger charge is 2.30. The molecule has 1 aromatic carbocycles. The molecule has 0 amide bonds. The summed E-state index contributed by atoms with van der Waals surface area (Å²) in [7, 11) is 0. The largest absolute Gasteiger partial charge is 0.389 e. The van der Waals surface area contributed by atoms with Crippen LogP contribution < -0.4 is 0 Å². The fourth-order valence-electron chi connectivity index (χ4n) is 1.25. The van der Waals surface area contributed by atoms with E-state index in [1.54, 1.807) is 37.3 Å². The molecule has 0 saturated carbocycles. The van der Waals surface area contributed by atoms with Crippen LogP contribution in [0.2, 0.25) is 0 Å². The number of benzene rings is 1. The zero-order chi connectivity index (χ0) is 9.90. The highest BCUT2D eigenvalue weighted by molar-refractivity contribution is 5.18. The summed E-state index contributed by atoms with van der Waals surface area (Å²) in [5.41, 5.74) is 0.736. The molecule has 0 aliphatic carbocycles. The molecule has 0 aliphatic rings. The van der Waals surface area contributed by atoms with Crippen LogP contribution >= 0.6 is 0 Å². The first kappa shape index (κ1) is 10.1. The molecule has 0 bridgehead atoms. The summed E-state index contributed by atoms with van der Waals surface area (Å²) < 4.78 is 36.0. The monoisotopic (exact) mass is 188 g/mol. The molecule has 72 valence electrons. The van der Waals surface area contributed by atoms with Gasteiger partial charge in [0.15, 0.2) is 0 Å². The molecule has 1 rings (SSSR count). The summed E-state index contributed by atoms with van der Waals surface area (Å²) >= 11 is 0. The number of halogens is 3. The average molecular weight is 188 g/mol. The molecule has 0 aromatic heterocycles. The molecular formula is C10H11F3. The molecule has 1 aromatic rings. The van der Waals surface area contributed by atoms with Crippen molar-refractivity contribution in [3.05, 3.63) is 35.9 Å². The van der Waals surface area contributed by atoms with Crippen molar-refractivity contribution in [2.45, 2.75) is 25.4 Å². The number of alkyl halides is 3. The topological polar surface area (TPSA) is 0 Å². The highest BCUT2D eigenvalue weighted by Crippen LogP contribution is 2.30. The van der Waals surface area contributed by atoms with Crippen molar-refractivity contribution in [2.24, 2.45) is 0 Å². The lowest BCUT2D eigenvalue weighted by Crippen LogP contribution is -2.11. The summed E-state index contributed by atoms with van der Waals surface area (Å²) in [6.07, 6.45) is -4.83. The Labute approximate surface area is 75.4 Å². The summed E-state index contributed by atoms with van der Waals surface area (Å²) in [5.74, 6) is -0.457. The number of rotatable bonds is 2. The second-order valence-corrected chi connectivity index (χ2v) is 3.13. The molecule has 0 spiro atoms. The van der Waals surface area contributed by atoms with Gasteiger partial charge in [0.2, 0.25) is 0 Å². The van der Waals surface area contributed by atoms with Crippen LogP contribution in [0.3, 0.4) is 0 Å². The molecule has 3 heteroatoms. The van der Waals surface area contributed by atoms with E-state index in [0.29, 0.717) is 0 Å². The fraction of sp³-hybridized carbons (Fsp3) is 0.400. The third-order valence-electron chi connectivity index (χ3n) is 1.91. The molecule has 1 atom stereocenters. The van der Waals surface area contributed by atoms with Crippen LogP contribution in [-0.2, 0) is 0 Å².